The Hall–Kier alpha value is -7.80. The lowest BCUT2D eigenvalue weighted by Gasteiger charge is -2.30. The second-order valence-electron chi connectivity index (χ2n) is 16.3. The first-order chi connectivity index (χ1) is 31.2. The Kier molecular flexibility index (Phi) is 7.90. The first kappa shape index (κ1) is 35.9. The minimum atomic E-state index is -0.636. The van der Waals surface area contributed by atoms with Crippen LogP contribution in [0.3, 0.4) is 0 Å². The van der Waals surface area contributed by atoms with E-state index in [1.165, 1.54) is 27.8 Å². The first-order valence-electron chi connectivity index (χ1n) is 21.2. The fraction of sp³-hybridized carbons (Fsp3) is 0.0175. The maximum absolute atomic E-state index is 14.9. The zero-order valence-corrected chi connectivity index (χ0v) is 34.6. The van der Waals surface area contributed by atoms with Gasteiger partial charge in [0.25, 0.3) is 0 Å². The molecule has 0 bridgehead atoms. The van der Waals surface area contributed by atoms with Crippen LogP contribution in [0.15, 0.2) is 217 Å². The highest BCUT2D eigenvalue weighted by atomic mass is 32.2. The summed E-state index contributed by atoms with van der Waals surface area (Å²) in [5.74, 6) is 1.68. The average Bonchev–Trinajstić information content (AvgIpc) is 4.10. The van der Waals surface area contributed by atoms with Crippen molar-refractivity contribution >= 4 is 34.2 Å². The lowest BCUT2D eigenvalue weighted by molar-refractivity contribution is 0.792. The van der Waals surface area contributed by atoms with Gasteiger partial charge in [-0.2, -0.15) is 3.89 Å². The maximum Gasteiger partial charge on any atom is 0.145 e. The van der Waals surface area contributed by atoms with E-state index in [0.717, 1.165) is 84.0 Å². The molecule has 2 aliphatic carbocycles. The molecule has 2 heterocycles. The van der Waals surface area contributed by atoms with Gasteiger partial charge in [-0.25, -0.2) is 9.97 Å². The molecule has 0 N–H and O–H groups in total. The Balaban J connectivity index is 1.14. The van der Waals surface area contributed by atoms with Crippen LogP contribution in [0.25, 0.3) is 89.6 Å². The smallest absolute Gasteiger partial charge is 0.145 e. The van der Waals surface area contributed by atoms with Crippen LogP contribution in [0.2, 0.25) is 0 Å². The summed E-state index contributed by atoms with van der Waals surface area (Å²) in [7, 11) is 0. The molecule has 4 nitrogen and oxygen atoms in total. The summed E-state index contributed by atoms with van der Waals surface area (Å²) in [6.07, 6.45) is 0. The number of fused-ring (bicyclic) bond motifs is 12. The van der Waals surface area contributed by atoms with Gasteiger partial charge in [-0.3, -0.25) is 9.13 Å². The normalized spacial score (nSPS) is 14.6. The molecule has 0 aliphatic heterocycles. The molecule has 1 unspecified atom stereocenters. The zero-order chi connectivity index (χ0) is 41.6. The Bertz CT molecular complexity index is 3490. The SMILES string of the molecule is FSc1cccc2c1-c1ccccc1C21c2ccccc2-c2c(-c3cc(-c4nc5ccccc5n4-c4ccccc4)cc(-c4nc5ccccc5n4-c4ccccc4)c3)cccc21. The molecule has 2 aromatic heterocycles. The molecular weight excluding hydrogens is 792 g/mol. The number of aromatic nitrogens is 4. The van der Waals surface area contributed by atoms with Gasteiger partial charge in [-0.05, 0) is 123 Å². The predicted molar refractivity (Wildman–Crippen MR) is 255 cm³/mol. The van der Waals surface area contributed by atoms with Crippen molar-refractivity contribution in [2.75, 3.05) is 0 Å². The number of halogens is 1. The number of hydrogen-bond acceptors (Lipinski definition) is 3. The highest BCUT2D eigenvalue weighted by Gasteiger charge is 2.52. The Morgan fingerprint density at radius 2 is 0.810 bits per heavy atom. The van der Waals surface area contributed by atoms with Crippen LogP contribution < -0.4 is 0 Å². The van der Waals surface area contributed by atoms with Crippen molar-refractivity contribution in [2.24, 2.45) is 0 Å². The molecule has 1 spiro atoms. The number of nitrogens with zero attached hydrogens (tertiary/aromatic N) is 4. The van der Waals surface area contributed by atoms with Crippen LogP contribution in [0, 0.1) is 0 Å². The lowest BCUT2D eigenvalue weighted by Crippen LogP contribution is -2.25. The van der Waals surface area contributed by atoms with Gasteiger partial charge in [0.2, 0.25) is 0 Å². The summed E-state index contributed by atoms with van der Waals surface area (Å²) in [6.45, 7) is 0. The minimum Gasteiger partial charge on any atom is -0.292 e. The summed E-state index contributed by atoms with van der Waals surface area (Å²) in [4.78, 5) is 11.4. The molecule has 11 aromatic rings. The molecule has 0 saturated carbocycles. The molecular formula is C57H35FN4S. The zero-order valence-electron chi connectivity index (χ0n) is 33.8. The molecule has 0 amide bonds. The summed E-state index contributed by atoms with van der Waals surface area (Å²) in [5.41, 5.74) is 18.5. The topological polar surface area (TPSA) is 35.6 Å². The van der Waals surface area contributed by atoms with Gasteiger partial charge in [-0.15, -0.1) is 0 Å². The molecule has 0 saturated heterocycles. The van der Waals surface area contributed by atoms with E-state index in [4.69, 9.17) is 9.97 Å². The van der Waals surface area contributed by atoms with Crippen LogP contribution in [0.1, 0.15) is 22.3 Å². The number of rotatable bonds is 6. The third-order valence-corrected chi connectivity index (χ3v) is 13.6. The van der Waals surface area contributed by atoms with Crippen LogP contribution >= 0.6 is 12.1 Å². The summed E-state index contributed by atoms with van der Waals surface area (Å²) in [6, 6.07) is 74.8. The quantitative estimate of drug-likeness (QED) is 0.168. The molecule has 1 atom stereocenters. The number of benzene rings is 9. The third-order valence-electron chi connectivity index (χ3n) is 13.1. The summed E-state index contributed by atoms with van der Waals surface area (Å²) < 4.78 is 19.4. The number of para-hydroxylation sites is 6. The van der Waals surface area contributed by atoms with Gasteiger partial charge < -0.3 is 0 Å². The number of imidazole rings is 2. The highest BCUT2D eigenvalue weighted by molar-refractivity contribution is 7.94. The Labute approximate surface area is 367 Å². The van der Waals surface area contributed by atoms with Crippen molar-refractivity contribution in [2.45, 2.75) is 10.3 Å². The second-order valence-corrected chi connectivity index (χ2v) is 16.9. The molecule has 6 heteroatoms. The second kappa shape index (κ2) is 13.9. The van der Waals surface area contributed by atoms with Crippen LogP contribution in [0.4, 0.5) is 3.89 Å². The maximum atomic E-state index is 14.9. The van der Waals surface area contributed by atoms with E-state index < -0.39 is 5.41 Å². The lowest BCUT2D eigenvalue weighted by atomic mass is 9.70. The van der Waals surface area contributed by atoms with Crippen molar-refractivity contribution in [1.29, 1.82) is 0 Å². The van der Waals surface area contributed by atoms with Crippen LogP contribution in [-0.2, 0) is 5.41 Å². The van der Waals surface area contributed by atoms with Gasteiger partial charge in [0.1, 0.15) is 11.6 Å². The summed E-state index contributed by atoms with van der Waals surface area (Å²) >= 11 is 0.327. The molecule has 63 heavy (non-hydrogen) atoms. The van der Waals surface area contributed by atoms with E-state index >= 15 is 0 Å². The van der Waals surface area contributed by atoms with Crippen molar-refractivity contribution in [3.05, 3.63) is 235 Å². The van der Waals surface area contributed by atoms with Crippen LogP contribution in [0.5, 0.6) is 0 Å². The fourth-order valence-corrected chi connectivity index (χ4v) is 11.1. The van der Waals surface area contributed by atoms with Crippen LogP contribution in [-0.4, -0.2) is 19.1 Å². The van der Waals surface area contributed by atoms with Gasteiger partial charge in [-0.1, -0.05) is 140 Å². The van der Waals surface area contributed by atoms with Crippen molar-refractivity contribution < 1.29 is 3.89 Å². The number of hydrogen-bond donors (Lipinski definition) is 0. The fourth-order valence-electron chi connectivity index (χ4n) is 10.7. The van der Waals surface area contributed by atoms with E-state index in [-0.39, 0.29) is 0 Å². The Morgan fingerprint density at radius 3 is 1.38 bits per heavy atom. The predicted octanol–water partition coefficient (Wildman–Crippen LogP) is 14.7. The molecule has 296 valence electrons. The third kappa shape index (κ3) is 5.10. The van der Waals surface area contributed by atoms with Crippen molar-refractivity contribution in [1.82, 2.24) is 19.1 Å². The van der Waals surface area contributed by atoms with Gasteiger partial charge in [0.15, 0.2) is 0 Å². The van der Waals surface area contributed by atoms with Gasteiger partial charge in [0.05, 0.1) is 39.6 Å². The highest BCUT2D eigenvalue weighted by Crippen LogP contribution is 2.65. The van der Waals surface area contributed by atoms with Gasteiger partial charge >= 0.3 is 0 Å². The summed E-state index contributed by atoms with van der Waals surface area (Å²) in [5, 5.41) is 0. The van der Waals surface area contributed by atoms with E-state index in [0.29, 0.717) is 17.0 Å². The van der Waals surface area contributed by atoms with E-state index in [1.54, 1.807) is 0 Å². The molecule has 2 aliphatic rings. The van der Waals surface area contributed by atoms with E-state index in [9.17, 15) is 3.89 Å². The van der Waals surface area contributed by atoms with Crippen molar-refractivity contribution in [3.8, 4) is 67.5 Å². The Morgan fingerprint density at radius 1 is 0.381 bits per heavy atom. The first-order valence-corrected chi connectivity index (χ1v) is 21.9. The van der Waals surface area contributed by atoms with Gasteiger partial charge in [0, 0.05) is 33.0 Å². The molecule has 0 fully saturated rings. The minimum absolute atomic E-state index is 0.327. The average molecular weight is 827 g/mol. The molecule has 9 aromatic carbocycles. The molecule has 0 radical (unpaired) electrons. The molecule has 13 rings (SSSR count). The standard InChI is InChI=1S/C57H35FN4S/c58-63-52-32-16-27-47-54(52)43-22-8-10-25-45(43)57(47)44-24-9-7-21-42(44)53-41(23-15-26-46(53)57)36-33-37(55-59-48-28-11-13-30-50(48)61(55)39-17-3-1-4-18-39)35-38(34-36)56-60-49-29-12-14-31-51(49)62(56)40-19-5-2-6-20-40/h1-35H. The van der Waals surface area contributed by atoms with E-state index in [1.807, 2.05) is 36.4 Å². The monoisotopic (exact) mass is 826 g/mol. The largest absolute Gasteiger partial charge is 0.292 e. The van der Waals surface area contributed by atoms with Crippen molar-refractivity contribution in [3.63, 3.8) is 0 Å². The van der Waals surface area contributed by atoms with E-state index in [2.05, 4.69) is 185 Å².